The van der Waals surface area contributed by atoms with E-state index >= 15 is 0 Å². The molecule has 3 N–H and O–H groups in total. The quantitative estimate of drug-likeness (QED) is 0.222. The third kappa shape index (κ3) is 4.80. The molecule has 7 aromatic rings. The van der Waals surface area contributed by atoms with Crippen molar-refractivity contribution in [3.63, 3.8) is 0 Å². The Bertz CT molecular complexity index is 2050. The van der Waals surface area contributed by atoms with Gasteiger partial charge in [-0.05, 0) is 47.5 Å². The fourth-order valence-corrected chi connectivity index (χ4v) is 4.92. The molecule has 0 aliphatic carbocycles. The van der Waals surface area contributed by atoms with E-state index < -0.39 is 0 Å². The molecule has 0 bridgehead atoms. The summed E-state index contributed by atoms with van der Waals surface area (Å²) in [6, 6.07) is 25.6. The minimum Gasteiger partial charge on any atom is -0.336 e. The number of carbonyl (C=O) groups excluding carboxylic acids is 1. The fourth-order valence-electron chi connectivity index (χ4n) is 4.92. The van der Waals surface area contributed by atoms with Crippen LogP contribution in [-0.4, -0.2) is 36.0 Å². The maximum absolute atomic E-state index is 13.9. The van der Waals surface area contributed by atoms with Gasteiger partial charge >= 0.3 is 0 Å². The number of imidazole rings is 1. The molecule has 0 saturated carbocycles. The molecule has 8 nitrogen and oxygen atoms in total. The lowest BCUT2D eigenvalue weighted by atomic mass is 10.0. The van der Waals surface area contributed by atoms with Crippen LogP contribution in [0.5, 0.6) is 0 Å². The number of carbonyl (C=O) groups is 1. The summed E-state index contributed by atoms with van der Waals surface area (Å²) < 4.78 is 13.9. The van der Waals surface area contributed by atoms with E-state index in [1.807, 2.05) is 66.7 Å². The van der Waals surface area contributed by atoms with Gasteiger partial charge in [0.25, 0.3) is 0 Å². The molecule has 0 radical (unpaired) electrons. The number of rotatable bonds is 6. The first-order valence-corrected chi connectivity index (χ1v) is 13.0. The fraction of sp³-hybridized carbons (Fsp3) is 0.0312. The summed E-state index contributed by atoms with van der Waals surface area (Å²) in [5, 5.41) is 11.4. The zero-order valence-electron chi connectivity index (χ0n) is 21.6. The number of benzene rings is 3. The second kappa shape index (κ2) is 10.1. The second-order valence-corrected chi connectivity index (χ2v) is 9.66. The standard InChI is InChI=1S/C32H22FN7O/c33-23-8-4-7-21(14-23)29-31-27(11-12-35-29)37-32(38-31)30-25-16-20(9-10-26(25)39-40-30)22-15-24(18-34-17-22)36-28(41)13-19-5-2-1-3-6-19/h1-12,14-18H,13H2,(H,36,41)(H,37,38)(H,39,40). The molecule has 0 atom stereocenters. The smallest absolute Gasteiger partial charge is 0.228 e. The van der Waals surface area contributed by atoms with Gasteiger partial charge in [0.15, 0.2) is 5.82 Å². The normalized spacial score (nSPS) is 11.2. The highest BCUT2D eigenvalue weighted by Gasteiger charge is 2.17. The molecule has 41 heavy (non-hydrogen) atoms. The summed E-state index contributed by atoms with van der Waals surface area (Å²) >= 11 is 0. The third-order valence-corrected chi connectivity index (χ3v) is 6.85. The SMILES string of the molecule is O=C(Cc1ccccc1)Nc1cncc(-c2ccc3[nH]nc(-c4nc5c(-c6cccc(F)c6)nccc5[nH]4)c3c2)c1. The number of fused-ring (bicyclic) bond motifs is 2. The van der Waals surface area contributed by atoms with Crippen molar-refractivity contribution in [1.29, 1.82) is 0 Å². The average molecular weight is 540 g/mol. The van der Waals surface area contributed by atoms with Crippen molar-refractivity contribution >= 4 is 33.5 Å². The molecule has 0 aliphatic rings. The average Bonchev–Trinajstić information content (AvgIpc) is 3.61. The van der Waals surface area contributed by atoms with Crippen LogP contribution in [0.2, 0.25) is 0 Å². The lowest BCUT2D eigenvalue weighted by molar-refractivity contribution is -0.115. The number of nitrogens with one attached hydrogen (secondary N) is 3. The second-order valence-electron chi connectivity index (χ2n) is 9.66. The lowest BCUT2D eigenvalue weighted by Gasteiger charge is -2.08. The van der Waals surface area contributed by atoms with Crippen LogP contribution in [0.1, 0.15) is 5.56 Å². The number of pyridine rings is 2. The number of nitrogens with zero attached hydrogens (tertiary/aromatic N) is 4. The van der Waals surface area contributed by atoms with Crippen LogP contribution in [0.4, 0.5) is 10.1 Å². The molecule has 7 rings (SSSR count). The summed E-state index contributed by atoms with van der Waals surface area (Å²) in [5.41, 5.74) is 7.42. The van der Waals surface area contributed by atoms with Gasteiger partial charge in [-0.15, -0.1) is 0 Å². The minimum absolute atomic E-state index is 0.111. The van der Waals surface area contributed by atoms with Gasteiger partial charge in [0.05, 0.1) is 35.0 Å². The molecule has 0 saturated heterocycles. The first kappa shape index (κ1) is 24.3. The Morgan fingerprint density at radius 2 is 1.73 bits per heavy atom. The summed E-state index contributed by atoms with van der Waals surface area (Å²) in [5.74, 6) is 0.117. The Kier molecular flexibility index (Phi) is 6.01. The van der Waals surface area contributed by atoms with Crippen LogP contribution in [0.25, 0.3) is 55.8 Å². The van der Waals surface area contributed by atoms with Crippen LogP contribution in [-0.2, 0) is 11.2 Å². The number of H-pyrrole nitrogens is 2. The van der Waals surface area contributed by atoms with Gasteiger partial charge in [-0.25, -0.2) is 9.37 Å². The van der Waals surface area contributed by atoms with Crippen molar-refractivity contribution in [1.82, 2.24) is 30.1 Å². The minimum atomic E-state index is -0.336. The molecule has 3 aromatic carbocycles. The Hall–Kier alpha value is -5.70. The maximum Gasteiger partial charge on any atom is 0.228 e. The van der Waals surface area contributed by atoms with E-state index in [2.05, 4.69) is 30.5 Å². The molecular weight excluding hydrogens is 517 g/mol. The highest BCUT2D eigenvalue weighted by molar-refractivity contribution is 5.98. The monoisotopic (exact) mass is 539 g/mol. The number of aromatic nitrogens is 6. The van der Waals surface area contributed by atoms with Crippen molar-refractivity contribution in [3.05, 3.63) is 115 Å². The van der Waals surface area contributed by atoms with Gasteiger partial charge in [0.2, 0.25) is 5.91 Å². The first-order chi connectivity index (χ1) is 20.1. The number of aromatic amines is 2. The molecule has 4 heterocycles. The molecule has 4 aromatic heterocycles. The predicted molar refractivity (Wildman–Crippen MR) is 156 cm³/mol. The van der Waals surface area contributed by atoms with Gasteiger partial charge in [-0.3, -0.25) is 19.9 Å². The first-order valence-electron chi connectivity index (χ1n) is 13.0. The van der Waals surface area contributed by atoms with Crippen molar-refractivity contribution in [2.24, 2.45) is 0 Å². The number of halogens is 1. The highest BCUT2D eigenvalue weighted by Crippen LogP contribution is 2.33. The Morgan fingerprint density at radius 3 is 2.61 bits per heavy atom. The Balaban J connectivity index is 1.21. The summed E-state index contributed by atoms with van der Waals surface area (Å²) in [6.45, 7) is 0. The molecule has 0 unspecified atom stereocenters. The van der Waals surface area contributed by atoms with E-state index in [1.54, 1.807) is 24.7 Å². The van der Waals surface area contributed by atoms with E-state index in [4.69, 9.17) is 4.98 Å². The van der Waals surface area contributed by atoms with Crippen LogP contribution in [0.3, 0.4) is 0 Å². The van der Waals surface area contributed by atoms with Gasteiger partial charge in [-0.1, -0.05) is 48.5 Å². The lowest BCUT2D eigenvalue weighted by Crippen LogP contribution is -2.14. The van der Waals surface area contributed by atoms with Crippen molar-refractivity contribution < 1.29 is 9.18 Å². The molecule has 0 fully saturated rings. The van der Waals surface area contributed by atoms with Crippen LogP contribution in [0, 0.1) is 5.82 Å². The number of hydrogen-bond acceptors (Lipinski definition) is 5. The van der Waals surface area contributed by atoms with E-state index in [9.17, 15) is 9.18 Å². The topological polar surface area (TPSA) is 112 Å². The van der Waals surface area contributed by atoms with E-state index in [-0.39, 0.29) is 18.1 Å². The molecule has 198 valence electrons. The predicted octanol–water partition coefficient (Wildman–Crippen LogP) is 6.55. The van der Waals surface area contributed by atoms with Crippen LogP contribution < -0.4 is 5.32 Å². The van der Waals surface area contributed by atoms with E-state index in [0.717, 1.165) is 33.1 Å². The number of hydrogen-bond donors (Lipinski definition) is 3. The van der Waals surface area contributed by atoms with Crippen LogP contribution in [0.15, 0.2) is 104 Å². The molecule has 0 spiro atoms. The Morgan fingerprint density at radius 1 is 0.829 bits per heavy atom. The van der Waals surface area contributed by atoms with Gasteiger partial charge in [0, 0.05) is 28.9 Å². The van der Waals surface area contributed by atoms with Crippen LogP contribution >= 0.6 is 0 Å². The van der Waals surface area contributed by atoms with Gasteiger partial charge < -0.3 is 10.3 Å². The van der Waals surface area contributed by atoms with Crippen molar-refractivity contribution in [3.8, 4) is 33.9 Å². The number of amides is 1. The highest BCUT2D eigenvalue weighted by atomic mass is 19.1. The maximum atomic E-state index is 13.9. The number of anilines is 1. The van der Waals surface area contributed by atoms with Gasteiger partial charge in [0.1, 0.15) is 17.0 Å². The van der Waals surface area contributed by atoms with E-state index in [0.29, 0.717) is 34.0 Å². The zero-order chi connectivity index (χ0) is 27.8. The molecule has 0 aliphatic heterocycles. The zero-order valence-corrected chi connectivity index (χ0v) is 21.6. The summed E-state index contributed by atoms with van der Waals surface area (Å²) in [7, 11) is 0. The molecular formula is C32H22FN7O. The van der Waals surface area contributed by atoms with Gasteiger partial charge in [-0.2, -0.15) is 5.10 Å². The summed E-state index contributed by atoms with van der Waals surface area (Å²) in [4.78, 5) is 29.6. The van der Waals surface area contributed by atoms with Crippen molar-refractivity contribution in [2.75, 3.05) is 5.32 Å². The van der Waals surface area contributed by atoms with E-state index in [1.165, 1.54) is 12.1 Å². The molecule has 1 amide bonds. The Labute approximate surface area is 233 Å². The largest absolute Gasteiger partial charge is 0.336 e. The molecule has 9 heteroatoms. The van der Waals surface area contributed by atoms with Crippen molar-refractivity contribution in [2.45, 2.75) is 6.42 Å². The third-order valence-electron chi connectivity index (χ3n) is 6.85. The summed E-state index contributed by atoms with van der Waals surface area (Å²) in [6.07, 6.45) is 5.34.